The maximum Gasteiger partial charge on any atom is 0.344 e. The fourth-order valence-corrected chi connectivity index (χ4v) is 3.54. The number of nitrogens with one attached hydrogen (secondary N) is 1. The lowest BCUT2D eigenvalue weighted by Gasteiger charge is -1.87. The maximum absolute atomic E-state index is 10.6. The highest BCUT2D eigenvalue weighted by Crippen LogP contribution is 2.33. The summed E-state index contributed by atoms with van der Waals surface area (Å²) in [5.41, 5.74) is 0. The molecule has 0 unspecified atom stereocenters. The molecule has 7 nitrogen and oxygen atoms in total. The fraction of sp³-hybridized carbons (Fsp3) is 0. The van der Waals surface area contributed by atoms with E-state index in [1.807, 2.05) is 17.5 Å². The molecule has 0 aliphatic rings. The second-order valence-corrected chi connectivity index (χ2v) is 6.44. The molecule has 0 saturated heterocycles. The lowest BCUT2D eigenvalue weighted by atomic mass is 10.4. The molecule has 0 aliphatic heterocycles. The lowest BCUT2D eigenvalue weighted by molar-refractivity contribution is -0.380. The van der Waals surface area contributed by atoms with Gasteiger partial charge in [0.05, 0.1) is 9.80 Å². The van der Waals surface area contributed by atoms with Crippen LogP contribution in [0.3, 0.4) is 0 Å². The second kappa shape index (κ2) is 5.07. The summed E-state index contributed by atoms with van der Waals surface area (Å²) in [6, 6.07) is 3.87. The quantitative estimate of drug-likeness (QED) is 0.587. The zero-order valence-corrected chi connectivity index (χ0v) is 11.6. The van der Waals surface area contributed by atoms with Crippen LogP contribution in [-0.2, 0) is 0 Å². The standard InChI is InChI=1S/C9H5N5O2S3/c15-14(16)6-4-10-9(18-6)19-8-11-7(12-13-8)5-2-1-3-17-5/h1-4H,(H,11,12,13). The van der Waals surface area contributed by atoms with Crippen LogP contribution in [0.25, 0.3) is 10.7 Å². The van der Waals surface area contributed by atoms with Crippen molar-refractivity contribution in [1.82, 2.24) is 20.2 Å². The van der Waals surface area contributed by atoms with Crippen molar-refractivity contribution in [3.05, 3.63) is 33.8 Å². The van der Waals surface area contributed by atoms with E-state index in [9.17, 15) is 10.1 Å². The van der Waals surface area contributed by atoms with E-state index >= 15 is 0 Å². The molecule has 10 heteroatoms. The summed E-state index contributed by atoms with van der Waals surface area (Å²) in [6.07, 6.45) is 1.24. The molecule has 0 bridgehead atoms. The van der Waals surface area contributed by atoms with Crippen LogP contribution in [-0.4, -0.2) is 25.1 Å². The molecule has 0 aromatic carbocycles. The van der Waals surface area contributed by atoms with E-state index in [1.165, 1.54) is 18.0 Å². The van der Waals surface area contributed by atoms with Gasteiger partial charge in [-0.3, -0.25) is 15.2 Å². The zero-order valence-electron chi connectivity index (χ0n) is 9.14. The number of thiazole rings is 1. The lowest BCUT2D eigenvalue weighted by Crippen LogP contribution is -1.80. The number of aromatic nitrogens is 4. The largest absolute Gasteiger partial charge is 0.344 e. The third kappa shape index (κ3) is 2.64. The molecular weight excluding hydrogens is 306 g/mol. The first kappa shape index (κ1) is 12.3. The maximum atomic E-state index is 10.6. The Labute approximate surface area is 118 Å². The molecule has 3 aromatic rings. The van der Waals surface area contributed by atoms with Crippen LogP contribution in [0.1, 0.15) is 0 Å². The number of rotatable bonds is 4. The van der Waals surface area contributed by atoms with Crippen molar-refractivity contribution in [3.63, 3.8) is 0 Å². The van der Waals surface area contributed by atoms with Crippen molar-refractivity contribution in [2.75, 3.05) is 0 Å². The van der Waals surface area contributed by atoms with Gasteiger partial charge < -0.3 is 0 Å². The summed E-state index contributed by atoms with van der Waals surface area (Å²) in [6.45, 7) is 0. The summed E-state index contributed by atoms with van der Waals surface area (Å²) in [5, 5.41) is 19.9. The van der Waals surface area contributed by atoms with Gasteiger partial charge in [0.1, 0.15) is 6.20 Å². The fourth-order valence-electron chi connectivity index (χ4n) is 1.28. The zero-order chi connectivity index (χ0) is 13.2. The average Bonchev–Trinajstić information content (AvgIpc) is 3.09. The third-order valence-electron chi connectivity index (χ3n) is 2.05. The molecule has 3 heterocycles. The Morgan fingerprint density at radius 1 is 1.47 bits per heavy atom. The van der Waals surface area contributed by atoms with Crippen LogP contribution in [0.2, 0.25) is 0 Å². The van der Waals surface area contributed by atoms with Crippen molar-refractivity contribution in [2.24, 2.45) is 0 Å². The molecule has 0 saturated carbocycles. The van der Waals surface area contributed by atoms with Gasteiger partial charge in [-0.05, 0) is 34.5 Å². The number of hydrogen-bond acceptors (Lipinski definition) is 8. The van der Waals surface area contributed by atoms with Crippen LogP contribution in [0.5, 0.6) is 0 Å². The molecule has 0 atom stereocenters. The van der Waals surface area contributed by atoms with Gasteiger partial charge in [-0.1, -0.05) is 6.07 Å². The van der Waals surface area contributed by atoms with Gasteiger partial charge in [0.15, 0.2) is 10.2 Å². The van der Waals surface area contributed by atoms with Gasteiger partial charge in [0.2, 0.25) is 5.16 Å². The van der Waals surface area contributed by atoms with Crippen LogP contribution in [0.4, 0.5) is 5.00 Å². The SMILES string of the molecule is O=[N+]([O-])c1cnc(Sc2n[nH]c(-c3cccs3)n2)s1. The first-order valence-electron chi connectivity index (χ1n) is 4.97. The summed E-state index contributed by atoms with van der Waals surface area (Å²) >= 11 is 3.76. The minimum absolute atomic E-state index is 0.0107. The number of nitro groups is 1. The first-order valence-corrected chi connectivity index (χ1v) is 7.48. The second-order valence-electron chi connectivity index (χ2n) is 3.27. The highest BCUT2D eigenvalue weighted by atomic mass is 32.2. The number of nitrogens with zero attached hydrogens (tertiary/aromatic N) is 4. The Balaban J connectivity index is 1.78. The molecule has 0 radical (unpaired) electrons. The van der Waals surface area contributed by atoms with Gasteiger partial charge in [0.25, 0.3) is 0 Å². The molecule has 0 aliphatic carbocycles. The number of aromatic amines is 1. The minimum Gasteiger partial charge on any atom is -0.257 e. The highest BCUT2D eigenvalue weighted by Gasteiger charge is 2.15. The van der Waals surface area contributed by atoms with Gasteiger partial charge >= 0.3 is 5.00 Å². The topological polar surface area (TPSA) is 97.6 Å². The van der Waals surface area contributed by atoms with Crippen LogP contribution in [0.15, 0.2) is 33.2 Å². The summed E-state index contributed by atoms with van der Waals surface area (Å²) in [5.74, 6) is 0.684. The van der Waals surface area contributed by atoms with E-state index < -0.39 is 4.92 Å². The molecule has 0 spiro atoms. The number of hydrogen-bond donors (Lipinski definition) is 1. The predicted molar refractivity (Wildman–Crippen MR) is 72.6 cm³/mol. The van der Waals surface area contributed by atoms with Gasteiger partial charge in [-0.25, -0.2) is 9.97 Å². The molecule has 0 amide bonds. The van der Waals surface area contributed by atoms with Gasteiger partial charge in [-0.15, -0.1) is 16.4 Å². The predicted octanol–water partition coefficient (Wildman–Crippen LogP) is 3.05. The summed E-state index contributed by atoms with van der Waals surface area (Å²) < 4.78 is 0.545. The molecule has 96 valence electrons. The van der Waals surface area contributed by atoms with Crippen LogP contribution < -0.4 is 0 Å². The van der Waals surface area contributed by atoms with E-state index in [0.717, 1.165) is 16.2 Å². The van der Waals surface area contributed by atoms with Crippen molar-refractivity contribution in [2.45, 2.75) is 9.50 Å². The highest BCUT2D eigenvalue weighted by molar-refractivity contribution is 8.00. The Morgan fingerprint density at radius 2 is 2.37 bits per heavy atom. The monoisotopic (exact) mass is 311 g/mol. The molecule has 19 heavy (non-hydrogen) atoms. The Kier molecular flexibility index (Phi) is 3.27. The Bertz CT molecular complexity index is 705. The van der Waals surface area contributed by atoms with E-state index in [1.54, 1.807) is 11.3 Å². The first-order chi connectivity index (χ1) is 9.22. The number of H-pyrrole nitrogens is 1. The smallest absolute Gasteiger partial charge is 0.257 e. The van der Waals surface area contributed by atoms with Gasteiger partial charge in [-0.2, -0.15) is 0 Å². The molecule has 3 rings (SSSR count). The summed E-state index contributed by atoms with van der Waals surface area (Å²) in [7, 11) is 0. The van der Waals surface area contributed by atoms with E-state index in [-0.39, 0.29) is 5.00 Å². The average molecular weight is 311 g/mol. The molecule has 0 fully saturated rings. The van der Waals surface area contributed by atoms with E-state index in [0.29, 0.717) is 15.3 Å². The molecular formula is C9H5N5O2S3. The Morgan fingerprint density at radius 3 is 3.05 bits per heavy atom. The van der Waals surface area contributed by atoms with Crippen LogP contribution in [0, 0.1) is 10.1 Å². The number of thiophene rings is 1. The van der Waals surface area contributed by atoms with Crippen molar-refractivity contribution in [3.8, 4) is 10.7 Å². The van der Waals surface area contributed by atoms with Crippen molar-refractivity contribution < 1.29 is 4.92 Å². The van der Waals surface area contributed by atoms with Crippen molar-refractivity contribution in [1.29, 1.82) is 0 Å². The molecule has 3 aromatic heterocycles. The van der Waals surface area contributed by atoms with Crippen molar-refractivity contribution >= 4 is 39.4 Å². The summed E-state index contributed by atoms with van der Waals surface area (Å²) in [4.78, 5) is 19.3. The third-order valence-corrected chi connectivity index (χ3v) is 4.82. The van der Waals surface area contributed by atoms with Crippen LogP contribution >= 0.6 is 34.4 Å². The minimum atomic E-state index is -0.462. The van der Waals surface area contributed by atoms with E-state index in [2.05, 4.69) is 20.2 Å². The van der Waals surface area contributed by atoms with E-state index in [4.69, 9.17) is 0 Å². The molecule has 1 N–H and O–H groups in total. The van der Waals surface area contributed by atoms with Gasteiger partial charge in [0, 0.05) is 0 Å². The normalized spacial score (nSPS) is 10.7. The Hall–Kier alpha value is -1.78.